The topological polar surface area (TPSA) is 110 Å². The number of fused-ring (bicyclic) bond motifs is 1. The van der Waals surface area contributed by atoms with Gasteiger partial charge in [0.2, 0.25) is 15.8 Å². The van der Waals surface area contributed by atoms with Crippen molar-refractivity contribution in [2.24, 2.45) is 0 Å². The maximum Gasteiger partial charge on any atom is 0.290 e. The van der Waals surface area contributed by atoms with Crippen LogP contribution in [0.2, 0.25) is 0 Å². The van der Waals surface area contributed by atoms with Crippen LogP contribution in [-0.4, -0.2) is 46.1 Å². The summed E-state index contributed by atoms with van der Waals surface area (Å²) in [5.74, 6) is 0.448. The highest BCUT2D eigenvalue weighted by Gasteiger charge is 2.25. The van der Waals surface area contributed by atoms with Gasteiger partial charge in [0.25, 0.3) is 5.91 Å². The van der Waals surface area contributed by atoms with Crippen molar-refractivity contribution in [2.45, 2.75) is 19.6 Å². The second-order valence-corrected chi connectivity index (χ2v) is 6.96. The zero-order chi connectivity index (χ0) is 15.7. The Hall–Kier alpha value is -2.20. The van der Waals surface area contributed by atoms with E-state index in [0.717, 1.165) is 5.69 Å². The van der Waals surface area contributed by atoms with Gasteiger partial charge in [0.1, 0.15) is 5.82 Å². The molecule has 9 nitrogen and oxygen atoms in total. The molecule has 1 aliphatic rings. The molecule has 22 heavy (non-hydrogen) atoms. The van der Waals surface area contributed by atoms with E-state index >= 15 is 0 Å². The van der Waals surface area contributed by atoms with Crippen LogP contribution in [0, 0.1) is 0 Å². The zero-order valence-corrected chi connectivity index (χ0v) is 12.7. The second kappa shape index (κ2) is 5.54. The highest BCUT2D eigenvalue weighted by Crippen LogP contribution is 2.16. The fourth-order valence-electron chi connectivity index (χ4n) is 2.32. The summed E-state index contributed by atoms with van der Waals surface area (Å²) in [6, 6.07) is 1.48. The van der Waals surface area contributed by atoms with Crippen LogP contribution in [0.25, 0.3) is 0 Å². The Kier molecular flexibility index (Phi) is 3.71. The van der Waals surface area contributed by atoms with Crippen molar-refractivity contribution in [1.29, 1.82) is 0 Å². The van der Waals surface area contributed by atoms with Gasteiger partial charge in [0, 0.05) is 19.2 Å². The van der Waals surface area contributed by atoms with E-state index in [2.05, 4.69) is 15.5 Å². The van der Waals surface area contributed by atoms with Crippen LogP contribution in [0.4, 0.5) is 0 Å². The summed E-state index contributed by atoms with van der Waals surface area (Å²) in [6.45, 7) is 1.43. The smallest absolute Gasteiger partial charge is 0.290 e. The number of carbonyl (C=O) groups excluding carboxylic acids is 1. The molecule has 0 radical (unpaired) electrons. The van der Waals surface area contributed by atoms with E-state index in [1.54, 1.807) is 6.20 Å². The first-order chi connectivity index (χ1) is 10.4. The lowest BCUT2D eigenvalue weighted by Crippen LogP contribution is -2.38. The summed E-state index contributed by atoms with van der Waals surface area (Å²) in [6.07, 6.45) is 4.22. The Labute approximate surface area is 127 Å². The third-order valence-electron chi connectivity index (χ3n) is 3.47. The lowest BCUT2D eigenvalue weighted by atomic mass is 10.3. The molecule has 0 atom stereocenters. The van der Waals surface area contributed by atoms with Gasteiger partial charge >= 0.3 is 0 Å². The summed E-state index contributed by atoms with van der Waals surface area (Å²) >= 11 is 0. The molecule has 118 valence electrons. The van der Waals surface area contributed by atoms with Gasteiger partial charge in [0.05, 0.1) is 37.4 Å². The molecule has 0 unspecified atom stereocenters. The minimum Gasteiger partial charge on any atom is -0.351 e. The molecule has 0 bridgehead atoms. The summed E-state index contributed by atoms with van der Waals surface area (Å²) in [4.78, 5) is 16.0. The van der Waals surface area contributed by atoms with E-state index in [1.165, 1.54) is 22.8 Å². The molecule has 1 amide bonds. The maximum absolute atomic E-state index is 11.8. The predicted octanol–water partition coefficient (Wildman–Crippen LogP) is -0.424. The summed E-state index contributed by atoms with van der Waals surface area (Å²) in [7, 11) is -3.22. The number of imidazole rings is 1. The second-order valence-electron chi connectivity index (χ2n) is 4.97. The van der Waals surface area contributed by atoms with Gasteiger partial charge in [0.15, 0.2) is 0 Å². The molecule has 3 heterocycles. The minimum atomic E-state index is -3.22. The molecule has 0 spiro atoms. The molecular formula is C12H15N5O4S. The Bertz CT molecular complexity index is 781. The van der Waals surface area contributed by atoms with Gasteiger partial charge in [-0.1, -0.05) is 5.16 Å². The van der Waals surface area contributed by atoms with E-state index < -0.39 is 10.0 Å². The van der Waals surface area contributed by atoms with E-state index in [4.69, 9.17) is 4.52 Å². The molecule has 3 rings (SSSR count). The summed E-state index contributed by atoms with van der Waals surface area (Å²) < 4.78 is 31.2. The number of sulfonamides is 1. The molecule has 0 saturated carbocycles. The molecule has 2 aromatic rings. The van der Waals surface area contributed by atoms with Crippen LogP contribution in [0.3, 0.4) is 0 Å². The SMILES string of the molecule is CS(=O)(=O)N1CCn2c(CNC(=O)c3ccno3)cnc2C1. The Balaban J connectivity index is 1.68. The van der Waals surface area contributed by atoms with Gasteiger partial charge in [-0.3, -0.25) is 4.79 Å². The van der Waals surface area contributed by atoms with Crippen molar-refractivity contribution < 1.29 is 17.7 Å². The number of rotatable bonds is 4. The fraction of sp³-hybridized carbons (Fsp3) is 0.417. The number of hydrogen-bond donors (Lipinski definition) is 1. The summed E-state index contributed by atoms with van der Waals surface area (Å²) in [5, 5.41) is 6.19. The fourth-order valence-corrected chi connectivity index (χ4v) is 3.08. The van der Waals surface area contributed by atoms with Gasteiger partial charge in [-0.25, -0.2) is 13.4 Å². The number of carbonyl (C=O) groups is 1. The minimum absolute atomic E-state index is 0.140. The van der Waals surface area contributed by atoms with Gasteiger partial charge in [-0.15, -0.1) is 0 Å². The molecule has 2 aromatic heterocycles. The monoisotopic (exact) mass is 325 g/mol. The first-order valence-electron chi connectivity index (χ1n) is 6.62. The molecule has 0 aliphatic carbocycles. The van der Waals surface area contributed by atoms with Crippen molar-refractivity contribution in [3.05, 3.63) is 35.7 Å². The van der Waals surface area contributed by atoms with Crippen molar-refractivity contribution in [3.8, 4) is 0 Å². The molecule has 1 aliphatic heterocycles. The average Bonchev–Trinajstić information content (AvgIpc) is 3.13. The normalized spacial score (nSPS) is 15.5. The van der Waals surface area contributed by atoms with E-state index in [0.29, 0.717) is 18.9 Å². The van der Waals surface area contributed by atoms with Crippen molar-refractivity contribution in [2.75, 3.05) is 12.8 Å². The molecule has 0 fully saturated rings. The van der Waals surface area contributed by atoms with E-state index in [-0.39, 0.29) is 24.8 Å². The largest absolute Gasteiger partial charge is 0.351 e. The van der Waals surface area contributed by atoms with Crippen LogP contribution in [0.5, 0.6) is 0 Å². The standard InChI is InChI=1S/C12H15N5O4S/c1-22(19,20)16-4-5-17-9(6-13-11(17)8-16)7-14-12(18)10-2-3-15-21-10/h2-3,6H,4-5,7-8H2,1H3,(H,14,18). The first kappa shape index (κ1) is 14.7. The lowest BCUT2D eigenvalue weighted by molar-refractivity contribution is 0.0913. The quantitative estimate of drug-likeness (QED) is 0.817. The molecule has 1 N–H and O–H groups in total. The van der Waals surface area contributed by atoms with Crippen molar-refractivity contribution in [3.63, 3.8) is 0 Å². The van der Waals surface area contributed by atoms with E-state index in [9.17, 15) is 13.2 Å². The third kappa shape index (κ3) is 2.88. The van der Waals surface area contributed by atoms with Crippen LogP contribution in [-0.2, 0) is 29.7 Å². The number of amides is 1. The number of nitrogens with one attached hydrogen (secondary N) is 1. The Morgan fingerprint density at radius 1 is 1.45 bits per heavy atom. The van der Waals surface area contributed by atoms with Gasteiger partial charge < -0.3 is 14.4 Å². The molecule has 0 saturated heterocycles. The summed E-state index contributed by atoms with van der Waals surface area (Å²) in [5.41, 5.74) is 0.816. The van der Waals surface area contributed by atoms with Crippen LogP contribution in [0.1, 0.15) is 22.1 Å². The molecular weight excluding hydrogens is 310 g/mol. The van der Waals surface area contributed by atoms with Crippen molar-refractivity contribution in [1.82, 2.24) is 24.3 Å². The third-order valence-corrected chi connectivity index (χ3v) is 4.72. The number of hydrogen-bond acceptors (Lipinski definition) is 6. The van der Waals surface area contributed by atoms with Crippen LogP contribution >= 0.6 is 0 Å². The molecule has 10 heteroatoms. The first-order valence-corrected chi connectivity index (χ1v) is 8.47. The van der Waals surface area contributed by atoms with Crippen LogP contribution < -0.4 is 5.32 Å². The average molecular weight is 325 g/mol. The zero-order valence-electron chi connectivity index (χ0n) is 11.9. The Morgan fingerprint density at radius 2 is 2.27 bits per heavy atom. The van der Waals surface area contributed by atoms with Gasteiger partial charge in [-0.05, 0) is 0 Å². The van der Waals surface area contributed by atoms with Crippen LogP contribution in [0.15, 0.2) is 23.0 Å². The predicted molar refractivity (Wildman–Crippen MR) is 75.2 cm³/mol. The Morgan fingerprint density at radius 3 is 2.95 bits per heavy atom. The molecule has 0 aromatic carbocycles. The number of aromatic nitrogens is 3. The van der Waals surface area contributed by atoms with E-state index in [1.807, 2.05) is 4.57 Å². The maximum atomic E-state index is 11.8. The van der Waals surface area contributed by atoms with Crippen molar-refractivity contribution >= 4 is 15.9 Å². The van der Waals surface area contributed by atoms with Gasteiger partial charge in [-0.2, -0.15) is 4.31 Å². The highest BCUT2D eigenvalue weighted by molar-refractivity contribution is 7.88. The highest BCUT2D eigenvalue weighted by atomic mass is 32.2. The lowest BCUT2D eigenvalue weighted by Gasteiger charge is -2.26. The number of nitrogens with zero attached hydrogens (tertiary/aromatic N) is 4.